The summed E-state index contributed by atoms with van der Waals surface area (Å²) in [6.07, 6.45) is 0. The van der Waals surface area contributed by atoms with Crippen LogP contribution >= 0.6 is 11.8 Å². The molecule has 0 bridgehead atoms. The van der Waals surface area contributed by atoms with Gasteiger partial charge in [-0.05, 0) is 12.1 Å². The van der Waals surface area contributed by atoms with Gasteiger partial charge in [-0.25, -0.2) is 0 Å². The monoisotopic (exact) mass is 303 g/mol. The van der Waals surface area contributed by atoms with E-state index in [1.54, 1.807) is 12.1 Å². The van der Waals surface area contributed by atoms with E-state index in [1.807, 2.05) is 0 Å². The summed E-state index contributed by atoms with van der Waals surface area (Å²) in [5, 5.41) is 11.4. The number of benzene rings is 1. The Hall–Kier alpha value is -1.63. The average molecular weight is 303 g/mol. The van der Waals surface area contributed by atoms with Crippen molar-refractivity contribution < 1.29 is 23.5 Å². The molecule has 0 spiro atoms. The van der Waals surface area contributed by atoms with Crippen molar-refractivity contribution >= 4 is 29.3 Å². The fourth-order valence-corrected chi connectivity index (χ4v) is 2.05. The fourth-order valence-electron chi connectivity index (χ4n) is 1.46. The highest BCUT2D eigenvalue weighted by molar-refractivity contribution is 7.99. The zero-order valence-corrected chi connectivity index (χ0v) is 11.8. The van der Waals surface area contributed by atoms with E-state index < -0.39 is 29.5 Å². The summed E-state index contributed by atoms with van der Waals surface area (Å²) in [6.45, 7) is 2.91. The normalized spacial score (nSPS) is 13.8. The predicted octanol–water partition coefficient (Wildman–Crippen LogP) is 3.30. The smallest absolute Gasteiger partial charge is 0.307 e. The van der Waals surface area contributed by atoms with Gasteiger partial charge in [-0.1, -0.05) is 37.7 Å². The molecule has 0 radical (unpaired) electrons. The molecule has 0 fully saturated rings. The van der Waals surface area contributed by atoms with Crippen molar-refractivity contribution in [3.05, 3.63) is 24.3 Å². The summed E-state index contributed by atoms with van der Waals surface area (Å²) < 4.78 is 24.8. The van der Waals surface area contributed by atoms with Crippen LogP contribution < -0.4 is 5.32 Å². The van der Waals surface area contributed by atoms with Crippen LogP contribution in [0.4, 0.5) is 14.5 Å². The largest absolute Gasteiger partial charge is 0.481 e. The highest BCUT2D eigenvalue weighted by atomic mass is 32.2. The molecule has 2 unspecified atom stereocenters. The molecule has 2 atom stereocenters. The highest BCUT2D eigenvalue weighted by Gasteiger charge is 2.26. The van der Waals surface area contributed by atoms with Gasteiger partial charge in [0.1, 0.15) is 0 Å². The first-order valence-corrected chi connectivity index (χ1v) is 6.78. The number of nitrogens with one attached hydrogen (secondary N) is 1. The lowest BCUT2D eigenvalue weighted by atomic mass is 9.95. The second kappa shape index (κ2) is 7.23. The van der Waals surface area contributed by atoms with Crippen LogP contribution in [0.1, 0.15) is 13.8 Å². The van der Waals surface area contributed by atoms with Crippen LogP contribution in [0.5, 0.6) is 0 Å². The Morgan fingerprint density at radius 2 is 1.80 bits per heavy atom. The van der Waals surface area contributed by atoms with Crippen molar-refractivity contribution in [1.29, 1.82) is 0 Å². The Labute approximate surface area is 119 Å². The number of anilines is 1. The lowest BCUT2D eigenvalue weighted by molar-refractivity contribution is -0.145. The Bertz CT molecular complexity index is 496. The number of rotatable bonds is 6. The molecule has 1 aromatic carbocycles. The molecule has 0 heterocycles. The summed E-state index contributed by atoms with van der Waals surface area (Å²) in [6, 6.07) is 6.17. The number of hydrogen-bond donors (Lipinski definition) is 2. The van der Waals surface area contributed by atoms with E-state index >= 15 is 0 Å². The van der Waals surface area contributed by atoms with E-state index in [0.29, 0.717) is 11.8 Å². The van der Waals surface area contributed by atoms with Crippen LogP contribution in [0.25, 0.3) is 0 Å². The zero-order chi connectivity index (χ0) is 15.3. The van der Waals surface area contributed by atoms with Crippen LogP contribution in [0.15, 0.2) is 29.2 Å². The zero-order valence-electron chi connectivity index (χ0n) is 11.0. The molecule has 0 saturated carbocycles. The van der Waals surface area contributed by atoms with Gasteiger partial charge < -0.3 is 10.4 Å². The quantitative estimate of drug-likeness (QED) is 0.791. The minimum atomic E-state index is -2.59. The molecule has 1 rings (SSSR count). The van der Waals surface area contributed by atoms with Gasteiger partial charge in [-0.15, -0.1) is 0 Å². The topological polar surface area (TPSA) is 66.4 Å². The van der Waals surface area contributed by atoms with Crippen LogP contribution in [-0.2, 0) is 9.59 Å². The van der Waals surface area contributed by atoms with E-state index in [-0.39, 0.29) is 10.6 Å². The number of halogens is 2. The van der Waals surface area contributed by atoms with Crippen molar-refractivity contribution in [3.63, 3.8) is 0 Å². The van der Waals surface area contributed by atoms with Crippen LogP contribution in [0, 0.1) is 11.8 Å². The van der Waals surface area contributed by atoms with E-state index in [1.165, 1.54) is 26.0 Å². The maximum atomic E-state index is 12.4. The number of carbonyl (C=O) groups excluding carboxylic acids is 1. The Kier molecular flexibility index (Phi) is 5.94. The number of amides is 1. The number of carboxylic acid groups (broad SMARTS) is 1. The lowest BCUT2D eigenvalue weighted by Gasteiger charge is -2.17. The fraction of sp³-hybridized carbons (Fsp3) is 0.385. The molecule has 2 N–H and O–H groups in total. The summed E-state index contributed by atoms with van der Waals surface area (Å²) in [5.74, 6) is -5.81. The number of carboxylic acids is 1. The van der Waals surface area contributed by atoms with Crippen molar-refractivity contribution in [2.24, 2.45) is 11.8 Å². The molecule has 4 nitrogen and oxygen atoms in total. The van der Waals surface area contributed by atoms with Gasteiger partial charge in [0, 0.05) is 10.8 Å². The molecule has 0 aliphatic rings. The summed E-state index contributed by atoms with van der Waals surface area (Å²) in [7, 11) is 0. The predicted molar refractivity (Wildman–Crippen MR) is 72.9 cm³/mol. The maximum absolute atomic E-state index is 12.4. The number of para-hydroxylation sites is 1. The average Bonchev–Trinajstić information content (AvgIpc) is 2.38. The molecule has 20 heavy (non-hydrogen) atoms. The van der Waals surface area contributed by atoms with Gasteiger partial charge in [0.2, 0.25) is 5.91 Å². The first kappa shape index (κ1) is 16.4. The highest BCUT2D eigenvalue weighted by Crippen LogP contribution is 2.32. The van der Waals surface area contributed by atoms with E-state index in [9.17, 15) is 18.4 Å². The molecule has 1 aromatic rings. The minimum Gasteiger partial charge on any atom is -0.481 e. The lowest BCUT2D eigenvalue weighted by Crippen LogP contribution is -2.30. The van der Waals surface area contributed by atoms with E-state index in [2.05, 4.69) is 5.32 Å². The first-order chi connectivity index (χ1) is 9.32. The van der Waals surface area contributed by atoms with Crippen molar-refractivity contribution in [2.45, 2.75) is 24.5 Å². The van der Waals surface area contributed by atoms with E-state index in [4.69, 9.17) is 5.11 Å². The van der Waals surface area contributed by atoms with Crippen molar-refractivity contribution in [1.82, 2.24) is 0 Å². The summed E-state index contributed by atoms with van der Waals surface area (Å²) in [5.41, 5.74) is 0.257. The van der Waals surface area contributed by atoms with Crippen LogP contribution in [-0.4, -0.2) is 22.7 Å². The summed E-state index contributed by atoms with van der Waals surface area (Å²) in [4.78, 5) is 23.0. The number of hydrogen-bond acceptors (Lipinski definition) is 3. The van der Waals surface area contributed by atoms with Crippen LogP contribution in [0.2, 0.25) is 0 Å². The Morgan fingerprint density at radius 3 is 2.35 bits per heavy atom. The number of thioether (sulfide) groups is 1. The second-order valence-electron chi connectivity index (χ2n) is 4.28. The third kappa shape index (κ3) is 4.48. The van der Waals surface area contributed by atoms with Gasteiger partial charge in [0.05, 0.1) is 11.6 Å². The maximum Gasteiger partial charge on any atom is 0.307 e. The molecular formula is C13H15F2NO3S. The van der Waals surface area contributed by atoms with Gasteiger partial charge in [0.15, 0.2) is 0 Å². The molecule has 1 amide bonds. The Morgan fingerprint density at radius 1 is 1.20 bits per heavy atom. The number of aliphatic carboxylic acids is 1. The van der Waals surface area contributed by atoms with Gasteiger partial charge in [0.25, 0.3) is 5.76 Å². The summed E-state index contributed by atoms with van der Waals surface area (Å²) >= 11 is 0.329. The standard InChI is InChI=1S/C13H15F2NO3S/c1-7(8(2)12(18)19)11(17)16-9-5-3-4-6-10(9)20-13(14)15/h3-8,13H,1-2H3,(H,16,17)(H,18,19). The molecule has 0 aromatic heterocycles. The third-order valence-corrected chi connectivity index (χ3v) is 3.70. The number of carbonyl (C=O) groups is 2. The molecule has 0 aliphatic carbocycles. The SMILES string of the molecule is CC(C(=O)O)C(C)C(=O)Nc1ccccc1SC(F)F. The van der Waals surface area contributed by atoms with Gasteiger partial charge in [-0.3, -0.25) is 9.59 Å². The van der Waals surface area contributed by atoms with Gasteiger partial charge >= 0.3 is 5.97 Å². The minimum absolute atomic E-state index is 0.242. The Balaban J connectivity index is 2.83. The molecular weight excluding hydrogens is 288 g/mol. The first-order valence-electron chi connectivity index (χ1n) is 5.90. The second-order valence-corrected chi connectivity index (χ2v) is 5.31. The van der Waals surface area contributed by atoms with Crippen molar-refractivity contribution in [3.8, 4) is 0 Å². The number of alkyl halides is 2. The molecule has 0 saturated heterocycles. The molecule has 7 heteroatoms. The third-order valence-electron chi connectivity index (χ3n) is 2.91. The van der Waals surface area contributed by atoms with Crippen LogP contribution in [0.3, 0.4) is 0 Å². The molecule has 110 valence electrons. The van der Waals surface area contributed by atoms with Crippen molar-refractivity contribution in [2.75, 3.05) is 5.32 Å². The van der Waals surface area contributed by atoms with Gasteiger partial charge in [-0.2, -0.15) is 8.78 Å². The van der Waals surface area contributed by atoms with E-state index in [0.717, 1.165) is 0 Å². The molecule has 0 aliphatic heterocycles.